The normalized spacial score (nSPS) is 21.3. The number of allylic oxidation sites excluding steroid dienone is 2. The first-order valence-corrected chi connectivity index (χ1v) is 8.95. The van der Waals surface area contributed by atoms with Gasteiger partial charge in [0.2, 0.25) is 26.2 Å². The Kier molecular flexibility index (Phi) is 4.47. The molecule has 1 aliphatic carbocycles. The first kappa shape index (κ1) is 16.4. The molecule has 0 fully saturated rings. The lowest BCUT2D eigenvalue weighted by molar-refractivity contribution is -0.154. The number of carboxylic acid groups (broad SMARTS) is 1. The second-order valence-electron chi connectivity index (χ2n) is 4.84. The van der Waals surface area contributed by atoms with Crippen LogP contribution in [0.15, 0.2) is 12.2 Å². The minimum atomic E-state index is -3.50. The molecule has 9 nitrogen and oxygen atoms in total. The predicted octanol–water partition coefficient (Wildman–Crippen LogP) is 0.659. The van der Waals surface area contributed by atoms with Gasteiger partial charge in [0.25, 0.3) is 0 Å². The summed E-state index contributed by atoms with van der Waals surface area (Å²) in [6.45, 7) is 0. The third-order valence-electron chi connectivity index (χ3n) is 3.13. The van der Waals surface area contributed by atoms with Gasteiger partial charge in [0, 0.05) is 0 Å². The third kappa shape index (κ3) is 3.60. The summed E-state index contributed by atoms with van der Waals surface area (Å²) in [4.78, 5) is 23.8. The number of aliphatic carboxylic acids is 1. The Morgan fingerprint density at radius 1 is 1.32 bits per heavy atom. The lowest BCUT2D eigenvalue weighted by Gasteiger charge is -2.28. The largest absolute Gasteiger partial charge is 0.480 e. The smallest absolute Gasteiger partial charge is 0.319 e. The minimum Gasteiger partial charge on any atom is -0.480 e. The van der Waals surface area contributed by atoms with Crippen LogP contribution in [0.4, 0.5) is 10.3 Å². The number of hydrogen-bond donors (Lipinski definition) is 3. The average Bonchev–Trinajstić information content (AvgIpc) is 2.84. The molecule has 1 aliphatic rings. The molecule has 0 radical (unpaired) electrons. The first-order chi connectivity index (χ1) is 10.2. The van der Waals surface area contributed by atoms with Crippen molar-refractivity contribution in [3.8, 4) is 0 Å². The monoisotopic (exact) mass is 346 g/mol. The number of amides is 1. The van der Waals surface area contributed by atoms with Crippen molar-refractivity contribution >= 4 is 43.5 Å². The van der Waals surface area contributed by atoms with E-state index in [9.17, 15) is 23.1 Å². The van der Waals surface area contributed by atoms with Crippen molar-refractivity contribution in [3.63, 3.8) is 0 Å². The lowest BCUT2D eigenvalue weighted by Crippen LogP contribution is -2.43. The number of aromatic nitrogens is 2. The Morgan fingerprint density at radius 2 is 2.00 bits per heavy atom. The molecule has 1 aromatic rings. The van der Waals surface area contributed by atoms with Crippen LogP contribution in [0.5, 0.6) is 0 Å². The fourth-order valence-electron chi connectivity index (χ4n) is 2.02. The molecule has 0 aliphatic heterocycles. The molecular weight excluding hydrogens is 332 g/mol. The maximum atomic E-state index is 12.3. The van der Waals surface area contributed by atoms with Gasteiger partial charge >= 0.3 is 5.97 Å². The summed E-state index contributed by atoms with van der Waals surface area (Å²) >= 11 is 0.807. The van der Waals surface area contributed by atoms with Gasteiger partial charge in [-0.05, 0) is 19.3 Å². The maximum absolute atomic E-state index is 12.3. The van der Waals surface area contributed by atoms with Crippen LogP contribution in [0.25, 0.3) is 0 Å². The summed E-state index contributed by atoms with van der Waals surface area (Å²) < 4.78 is 24.3. The second kappa shape index (κ2) is 6.01. The number of anilines is 2. The molecule has 1 atom stereocenters. The Balaban J connectivity index is 2.14. The number of carbonyl (C=O) groups excluding carboxylic acids is 1. The van der Waals surface area contributed by atoms with Gasteiger partial charge < -0.3 is 5.11 Å². The summed E-state index contributed by atoms with van der Waals surface area (Å²) in [5.74, 6) is -1.89. The van der Waals surface area contributed by atoms with Crippen LogP contribution >= 0.6 is 11.3 Å². The number of carboxylic acids is 1. The van der Waals surface area contributed by atoms with E-state index in [1.54, 1.807) is 6.08 Å². The van der Waals surface area contributed by atoms with E-state index in [-0.39, 0.29) is 23.1 Å². The van der Waals surface area contributed by atoms with Crippen molar-refractivity contribution in [2.75, 3.05) is 16.3 Å². The Morgan fingerprint density at radius 3 is 2.55 bits per heavy atom. The van der Waals surface area contributed by atoms with E-state index in [0.717, 1.165) is 17.6 Å². The SMILES string of the molecule is CS(=O)(=O)Nc1nnc(NC(=O)C2(C(=O)O)CC=CCC2)s1. The molecule has 1 unspecified atom stereocenters. The van der Waals surface area contributed by atoms with Crippen LogP contribution < -0.4 is 10.0 Å². The highest BCUT2D eigenvalue weighted by Crippen LogP contribution is 2.35. The number of sulfonamides is 1. The van der Waals surface area contributed by atoms with Crippen molar-refractivity contribution in [2.45, 2.75) is 19.3 Å². The van der Waals surface area contributed by atoms with Crippen LogP contribution in [0, 0.1) is 5.41 Å². The number of nitrogens with zero attached hydrogens (tertiary/aromatic N) is 2. The number of carbonyl (C=O) groups is 2. The Labute approximate surface area is 130 Å². The molecule has 1 aromatic heterocycles. The Hall–Kier alpha value is -2.01. The maximum Gasteiger partial charge on any atom is 0.319 e. The molecule has 1 amide bonds. The average molecular weight is 346 g/mol. The summed E-state index contributed by atoms with van der Waals surface area (Å²) in [5.41, 5.74) is -1.54. The highest BCUT2D eigenvalue weighted by atomic mass is 32.2. The highest BCUT2D eigenvalue weighted by molar-refractivity contribution is 7.92. The van der Waals surface area contributed by atoms with Gasteiger partial charge in [-0.15, -0.1) is 10.2 Å². The van der Waals surface area contributed by atoms with Gasteiger partial charge in [-0.1, -0.05) is 23.5 Å². The Bertz CT molecular complexity index is 727. The van der Waals surface area contributed by atoms with Crippen molar-refractivity contribution in [2.24, 2.45) is 5.41 Å². The third-order valence-corrected chi connectivity index (χ3v) is 4.58. The highest BCUT2D eigenvalue weighted by Gasteiger charge is 2.46. The summed E-state index contributed by atoms with van der Waals surface area (Å²) in [6, 6.07) is 0. The van der Waals surface area contributed by atoms with Gasteiger partial charge in [0.05, 0.1) is 6.26 Å². The van der Waals surface area contributed by atoms with E-state index < -0.39 is 27.3 Å². The second-order valence-corrected chi connectivity index (χ2v) is 7.57. The van der Waals surface area contributed by atoms with Gasteiger partial charge in [-0.25, -0.2) is 8.42 Å². The fourth-order valence-corrected chi connectivity index (χ4v) is 3.49. The number of hydrogen-bond acceptors (Lipinski definition) is 7. The molecule has 0 aromatic carbocycles. The van der Waals surface area contributed by atoms with Crippen LogP contribution in [-0.4, -0.2) is 41.9 Å². The van der Waals surface area contributed by atoms with E-state index in [0.29, 0.717) is 6.42 Å². The zero-order valence-corrected chi connectivity index (χ0v) is 13.2. The van der Waals surface area contributed by atoms with Crippen LogP contribution in [0.1, 0.15) is 19.3 Å². The molecule has 0 saturated heterocycles. The number of nitrogens with one attached hydrogen (secondary N) is 2. The van der Waals surface area contributed by atoms with Gasteiger partial charge in [0.15, 0.2) is 5.41 Å². The zero-order chi connectivity index (χ0) is 16.4. The van der Waals surface area contributed by atoms with Gasteiger partial charge in [-0.3, -0.25) is 19.6 Å². The fraction of sp³-hybridized carbons (Fsp3) is 0.455. The molecule has 0 spiro atoms. The number of rotatable bonds is 5. The molecule has 0 bridgehead atoms. The summed E-state index contributed by atoms with van der Waals surface area (Å²) in [6.07, 6.45) is 5.23. The van der Waals surface area contributed by atoms with Crippen molar-refractivity contribution in [3.05, 3.63) is 12.2 Å². The standard InChI is InChI=1S/C11H14N4O5S2/c1-22(19,20)15-10-14-13-9(21-10)12-7(16)11(8(17)18)5-3-2-4-6-11/h2-3H,4-6H2,1H3,(H,14,15)(H,17,18)(H,12,13,16). The quantitative estimate of drug-likeness (QED) is 0.526. The zero-order valence-electron chi connectivity index (χ0n) is 11.6. The van der Waals surface area contributed by atoms with E-state index in [2.05, 4.69) is 20.2 Å². The van der Waals surface area contributed by atoms with E-state index in [4.69, 9.17) is 0 Å². The van der Waals surface area contributed by atoms with Gasteiger partial charge in [0.1, 0.15) is 0 Å². The van der Waals surface area contributed by atoms with E-state index in [1.807, 2.05) is 6.08 Å². The molecule has 2 rings (SSSR count). The lowest BCUT2D eigenvalue weighted by atomic mass is 9.76. The molecule has 22 heavy (non-hydrogen) atoms. The summed E-state index contributed by atoms with van der Waals surface area (Å²) in [5, 5.41) is 19.0. The minimum absolute atomic E-state index is 0.00860. The van der Waals surface area contributed by atoms with Crippen LogP contribution in [0.2, 0.25) is 0 Å². The molecule has 11 heteroatoms. The van der Waals surface area contributed by atoms with Crippen LogP contribution in [-0.2, 0) is 19.6 Å². The van der Waals surface area contributed by atoms with E-state index >= 15 is 0 Å². The van der Waals surface area contributed by atoms with E-state index in [1.165, 1.54) is 0 Å². The van der Waals surface area contributed by atoms with Crippen molar-refractivity contribution in [1.82, 2.24) is 10.2 Å². The molecule has 1 heterocycles. The van der Waals surface area contributed by atoms with Crippen molar-refractivity contribution in [1.29, 1.82) is 0 Å². The first-order valence-electron chi connectivity index (χ1n) is 6.24. The molecule has 0 saturated carbocycles. The van der Waals surface area contributed by atoms with Gasteiger partial charge in [-0.2, -0.15) is 0 Å². The molecular formula is C11H14N4O5S2. The summed E-state index contributed by atoms with van der Waals surface area (Å²) in [7, 11) is -3.50. The molecule has 120 valence electrons. The van der Waals surface area contributed by atoms with Crippen molar-refractivity contribution < 1.29 is 23.1 Å². The topological polar surface area (TPSA) is 138 Å². The molecule has 3 N–H and O–H groups in total. The predicted molar refractivity (Wildman–Crippen MR) is 80.1 cm³/mol. The van der Waals surface area contributed by atoms with Crippen LogP contribution in [0.3, 0.4) is 0 Å².